The summed E-state index contributed by atoms with van der Waals surface area (Å²) in [6.45, 7) is 13.5. The molecule has 0 saturated carbocycles. The topological polar surface area (TPSA) is 15.3 Å². The molecule has 1 aliphatic rings. The van der Waals surface area contributed by atoms with Crippen LogP contribution >= 0.6 is 0 Å². The summed E-state index contributed by atoms with van der Waals surface area (Å²) in [7, 11) is 0. The Kier molecular flexibility index (Phi) is 3.67. The first-order valence-electron chi connectivity index (χ1n) is 6.98. The quantitative estimate of drug-likeness (QED) is 0.818. The molecule has 18 heavy (non-hydrogen) atoms. The second kappa shape index (κ2) is 4.93. The third-order valence-corrected chi connectivity index (χ3v) is 3.94. The van der Waals surface area contributed by atoms with E-state index in [0.717, 1.165) is 13.1 Å². The smallest absolute Gasteiger partial charge is 0.0401 e. The van der Waals surface area contributed by atoms with Gasteiger partial charge in [0.1, 0.15) is 0 Å². The predicted molar refractivity (Wildman–Crippen MR) is 79.4 cm³/mol. The molecule has 100 valence electrons. The van der Waals surface area contributed by atoms with Crippen LogP contribution in [0.4, 0.5) is 5.69 Å². The number of rotatable bonds is 1. The average Bonchev–Trinajstić information content (AvgIpc) is 2.41. The van der Waals surface area contributed by atoms with Crippen molar-refractivity contribution in [2.75, 3.05) is 18.0 Å². The second-order valence-electron chi connectivity index (χ2n) is 6.37. The molecule has 0 aliphatic carbocycles. The Morgan fingerprint density at radius 1 is 1.28 bits per heavy atom. The van der Waals surface area contributed by atoms with E-state index in [4.69, 9.17) is 0 Å². The van der Waals surface area contributed by atoms with Gasteiger partial charge in [0.05, 0.1) is 0 Å². The highest BCUT2D eigenvalue weighted by atomic mass is 15.2. The van der Waals surface area contributed by atoms with E-state index in [2.05, 4.69) is 63.0 Å². The summed E-state index contributed by atoms with van der Waals surface area (Å²) < 4.78 is 0. The molecule has 1 fully saturated rings. The number of benzene rings is 1. The molecule has 0 bridgehead atoms. The fourth-order valence-corrected chi connectivity index (χ4v) is 2.76. The van der Waals surface area contributed by atoms with Crippen molar-refractivity contribution in [3.05, 3.63) is 29.3 Å². The van der Waals surface area contributed by atoms with E-state index in [9.17, 15) is 0 Å². The summed E-state index contributed by atoms with van der Waals surface area (Å²) in [6.07, 6.45) is 1.21. The lowest BCUT2D eigenvalue weighted by molar-refractivity contribution is 0.415. The molecule has 0 spiro atoms. The third kappa shape index (κ3) is 2.86. The van der Waals surface area contributed by atoms with Crippen molar-refractivity contribution in [2.24, 2.45) is 0 Å². The zero-order valence-corrected chi connectivity index (χ0v) is 12.4. The van der Waals surface area contributed by atoms with Crippen molar-refractivity contribution in [2.45, 2.75) is 52.6 Å². The van der Waals surface area contributed by atoms with Crippen LogP contribution in [0.25, 0.3) is 0 Å². The molecule has 1 atom stereocenters. The molecule has 2 rings (SSSR count). The number of anilines is 1. The van der Waals surface area contributed by atoms with Crippen LogP contribution in [0.1, 0.15) is 38.3 Å². The van der Waals surface area contributed by atoms with Gasteiger partial charge in [-0.1, -0.05) is 12.1 Å². The molecule has 1 aromatic rings. The van der Waals surface area contributed by atoms with Crippen LogP contribution in [0.2, 0.25) is 0 Å². The van der Waals surface area contributed by atoms with Crippen LogP contribution in [0.15, 0.2) is 18.2 Å². The molecule has 1 saturated heterocycles. The Morgan fingerprint density at radius 2 is 2.00 bits per heavy atom. The Bertz CT molecular complexity index is 423. The van der Waals surface area contributed by atoms with Gasteiger partial charge in [-0.05, 0) is 64.8 Å². The van der Waals surface area contributed by atoms with E-state index < -0.39 is 0 Å². The van der Waals surface area contributed by atoms with Gasteiger partial charge in [-0.25, -0.2) is 0 Å². The summed E-state index contributed by atoms with van der Waals surface area (Å²) in [5.74, 6) is 0. The Balaban J connectivity index is 2.36. The normalized spacial score (nSPS) is 23.8. The maximum Gasteiger partial charge on any atom is 0.0401 e. The van der Waals surface area contributed by atoms with Gasteiger partial charge in [-0.2, -0.15) is 0 Å². The van der Waals surface area contributed by atoms with Crippen molar-refractivity contribution in [1.29, 1.82) is 0 Å². The number of aryl methyl sites for hydroxylation is 2. The van der Waals surface area contributed by atoms with Crippen molar-refractivity contribution in [1.82, 2.24) is 5.32 Å². The van der Waals surface area contributed by atoms with Crippen molar-refractivity contribution < 1.29 is 0 Å². The largest absolute Gasteiger partial charge is 0.367 e. The lowest BCUT2D eigenvalue weighted by atomic mass is 10.0. The summed E-state index contributed by atoms with van der Waals surface area (Å²) in [6, 6.07) is 7.36. The van der Waals surface area contributed by atoms with E-state index >= 15 is 0 Å². The number of nitrogens with zero attached hydrogens (tertiary/aromatic N) is 1. The zero-order valence-electron chi connectivity index (χ0n) is 12.4. The Labute approximate surface area is 111 Å². The van der Waals surface area contributed by atoms with E-state index in [1.807, 2.05) is 0 Å². The first-order chi connectivity index (χ1) is 8.39. The number of nitrogens with one attached hydrogen (secondary N) is 1. The van der Waals surface area contributed by atoms with Gasteiger partial charge >= 0.3 is 0 Å². The number of hydrogen-bond acceptors (Lipinski definition) is 2. The summed E-state index contributed by atoms with van der Waals surface area (Å²) in [5.41, 5.74) is 4.31. The molecule has 1 aromatic carbocycles. The molecule has 0 amide bonds. The van der Waals surface area contributed by atoms with Gasteiger partial charge in [0.25, 0.3) is 0 Å². The van der Waals surface area contributed by atoms with Gasteiger partial charge in [0.15, 0.2) is 0 Å². The summed E-state index contributed by atoms with van der Waals surface area (Å²) in [5, 5.41) is 3.64. The van der Waals surface area contributed by atoms with E-state index in [-0.39, 0.29) is 5.54 Å². The van der Waals surface area contributed by atoms with Gasteiger partial charge in [0, 0.05) is 23.8 Å². The SMILES string of the molecule is Cc1ccc(C)c(N2CC(C)(C)NCCC2C)c1. The fraction of sp³-hybridized carbons (Fsp3) is 0.625. The lowest BCUT2D eigenvalue weighted by Gasteiger charge is -2.36. The maximum absolute atomic E-state index is 3.64. The van der Waals surface area contributed by atoms with Crippen molar-refractivity contribution in [3.63, 3.8) is 0 Å². The standard InChI is InChI=1S/C16H26N2/c1-12-6-7-13(2)15(10-12)18-11-16(4,5)17-9-8-14(18)3/h6-7,10,14,17H,8-9,11H2,1-5H3. The molecule has 2 heteroatoms. The lowest BCUT2D eigenvalue weighted by Crippen LogP contribution is -2.47. The van der Waals surface area contributed by atoms with Crippen LogP contribution < -0.4 is 10.2 Å². The van der Waals surface area contributed by atoms with Gasteiger partial charge in [-0.15, -0.1) is 0 Å². The minimum absolute atomic E-state index is 0.181. The average molecular weight is 246 g/mol. The Morgan fingerprint density at radius 3 is 2.72 bits per heavy atom. The molecular formula is C16H26N2. The van der Waals surface area contributed by atoms with Gasteiger partial charge < -0.3 is 10.2 Å². The van der Waals surface area contributed by atoms with E-state index in [0.29, 0.717) is 6.04 Å². The zero-order chi connectivity index (χ0) is 13.3. The van der Waals surface area contributed by atoms with Crippen molar-refractivity contribution in [3.8, 4) is 0 Å². The molecule has 2 nitrogen and oxygen atoms in total. The highest BCUT2D eigenvalue weighted by Gasteiger charge is 2.28. The molecule has 0 aromatic heterocycles. The van der Waals surface area contributed by atoms with Crippen LogP contribution in [-0.4, -0.2) is 24.7 Å². The fourth-order valence-electron chi connectivity index (χ4n) is 2.76. The van der Waals surface area contributed by atoms with Crippen LogP contribution in [-0.2, 0) is 0 Å². The highest BCUT2D eigenvalue weighted by Crippen LogP contribution is 2.27. The van der Waals surface area contributed by atoms with Gasteiger partial charge in [0.2, 0.25) is 0 Å². The minimum Gasteiger partial charge on any atom is -0.367 e. The molecular weight excluding hydrogens is 220 g/mol. The summed E-state index contributed by atoms with van der Waals surface area (Å²) in [4.78, 5) is 2.57. The number of hydrogen-bond donors (Lipinski definition) is 1. The van der Waals surface area contributed by atoms with E-state index in [1.54, 1.807) is 0 Å². The van der Waals surface area contributed by atoms with E-state index in [1.165, 1.54) is 23.2 Å². The molecule has 1 unspecified atom stereocenters. The first-order valence-corrected chi connectivity index (χ1v) is 6.98. The van der Waals surface area contributed by atoms with Crippen LogP contribution in [0.5, 0.6) is 0 Å². The van der Waals surface area contributed by atoms with Crippen LogP contribution in [0, 0.1) is 13.8 Å². The molecule has 1 heterocycles. The predicted octanol–water partition coefficient (Wildman–Crippen LogP) is 3.27. The maximum atomic E-state index is 3.64. The third-order valence-electron chi connectivity index (χ3n) is 3.94. The Hall–Kier alpha value is -1.02. The van der Waals surface area contributed by atoms with Gasteiger partial charge in [-0.3, -0.25) is 0 Å². The van der Waals surface area contributed by atoms with Crippen molar-refractivity contribution >= 4 is 5.69 Å². The highest BCUT2D eigenvalue weighted by molar-refractivity contribution is 5.56. The second-order valence-corrected chi connectivity index (χ2v) is 6.37. The summed E-state index contributed by atoms with van der Waals surface area (Å²) >= 11 is 0. The van der Waals surface area contributed by atoms with Crippen LogP contribution in [0.3, 0.4) is 0 Å². The minimum atomic E-state index is 0.181. The molecule has 1 aliphatic heterocycles. The first kappa shape index (κ1) is 13.4. The monoisotopic (exact) mass is 246 g/mol. The molecule has 0 radical (unpaired) electrons. The molecule has 1 N–H and O–H groups in total.